The minimum absolute atomic E-state index is 0.0594. The van der Waals surface area contributed by atoms with Gasteiger partial charge in [-0.3, -0.25) is 0 Å². The summed E-state index contributed by atoms with van der Waals surface area (Å²) in [6, 6.07) is 1.43. The minimum atomic E-state index is -4.36. The molecule has 0 saturated carbocycles. The Morgan fingerprint density at radius 1 is 1.28 bits per heavy atom. The molecule has 0 aromatic carbocycles. The lowest BCUT2D eigenvalue weighted by molar-refractivity contribution is -0.154. The maximum atomic E-state index is 12.0. The predicted octanol–water partition coefficient (Wildman–Crippen LogP) is 0.827. The molecular weight excluding hydrogens is 249 g/mol. The van der Waals surface area contributed by atoms with Gasteiger partial charge in [0.25, 0.3) is 0 Å². The van der Waals surface area contributed by atoms with Crippen molar-refractivity contribution in [2.45, 2.75) is 6.18 Å². The molecule has 2 rings (SSSR count). The molecule has 100 valence electrons. The second-order valence-electron chi connectivity index (χ2n) is 3.86. The Kier molecular flexibility index (Phi) is 3.85. The quantitative estimate of drug-likeness (QED) is 0.874. The van der Waals surface area contributed by atoms with Crippen LogP contribution in [0.3, 0.4) is 0 Å². The fourth-order valence-corrected chi connectivity index (χ4v) is 1.63. The van der Waals surface area contributed by atoms with Crippen LogP contribution in [0.1, 0.15) is 0 Å². The summed E-state index contributed by atoms with van der Waals surface area (Å²) in [6.45, 7) is 1.82. The zero-order chi connectivity index (χ0) is 13.0. The fraction of sp³-hybridized carbons (Fsp3) is 0.600. The molecular formula is C10H13F3N4O. The SMILES string of the molecule is FC(F)(F)COc1cc(N2CCNCC2)ncn1. The predicted molar refractivity (Wildman–Crippen MR) is 58.7 cm³/mol. The van der Waals surface area contributed by atoms with E-state index in [1.54, 1.807) is 0 Å². The maximum absolute atomic E-state index is 12.0. The standard InChI is InChI=1S/C10H13F3N4O/c11-10(12,13)6-18-9-5-8(15-7-16-9)17-3-1-14-2-4-17/h5,7,14H,1-4,6H2. The average Bonchev–Trinajstić information content (AvgIpc) is 2.37. The van der Waals surface area contributed by atoms with Gasteiger partial charge in [-0.2, -0.15) is 13.2 Å². The fourth-order valence-electron chi connectivity index (χ4n) is 1.63. The van der Waals surface area contributed by atoms with Crippen LogP contribution >= 0.6 is 0 Å². The van der Waals surface area contributed by atoms with E-state index in [1.165, 1.54) is 12.4 Å². The van der Waals surface area contributed by atoms with Crippen LogP contribution in [0.2, 0.25) is 0 Å². The van der Waals surface area contributed by atoms with Gasteiger partial charge in [-0.05, 0) is 0 Å². The van der Waals surface area contributed by atoms with E-state index in [2.05, 4.69) is 20.0 Å². The molecule has 5 nitrogen and oxygen atoms in total. The smallest absolute Gasteiger partial charge is 0.422 e. The van der Waals surface area contributed by atoms with E-state index in [0.717, 1.165) is 26.2 Å². The van der Waals surface area contributed by atoms with Gasteiger partial charge in [0.1, 0.15) is 12.1 Å². The highest BCUT2D eigenvalue weighted by Crippen LogP contribution is 2.19. The number of rotatable bonds is 3. The number of alkyl halides is 3. The normalized spacial score (nSPS) is 16.7. The lowest BCUT2D eigenvalue weighted by Gasteiger charge is -2.28. The summed E-state index contributed by atoms with van der Waals surface area (Å²) in [5.74, 6) is 0.527. The molecule has 0 atom stereocenters. The van der Waals surface area contributed by atoms with Crippen molar-refractivity contribution in [1.29, 1.82) is 0 Å². The molecule has 8 heteroatoms. The van der Waals surface area contributed by atoms with Gasteiger partial charge in [0.15, 0.2) is 6.61 Å². The number of halogens is 3. The second-order valence-corrected chi connectivity index (χ2v) is 3.86. The van der Waals surface area contributed by atoms with Crippen molar-refractivity contribution in [1.82, 2.24) is 15.3 Å². The van der Waals surface area contributed by atoms with Gasteiger partial charge in [0.05, 0.1) is 0 Å². The third-order valence-corrected chi connectivity index (χ3v) is 2.45. The Morgan fingerprint density at radius 2 is 2.00 bits per heavy atom. The van der Waals surface area contributed by atoms with Crippen molar-refractivity contribution in [3.63, 3.8) is 0 Å². The van der Waals surface area contributed by atoms with Crippen molar-refractivity contribution in [2.24, 2.45) is 0 Å². The highest BCUT2D eigenvalue weighted by atomic mass is 19.4. The molecule has 0 radical (unpaired) electrons. The molecule has 1 aliphatic heterocycles. The lowest BCUT2D eigenvalue weighted by Crippen LogP contribution is -2.43. The van der Waals surface area contributed by atoms with Gasteiger partial charge < -0.3 is 15.0 Å². The molecule has 1 aliphatic rings. The molecule has 18 heavy (non-hydrogen) atoms. The molecule has 0 unspecified atom stereocenters. The molecule has 1 N–H and O–H groups in total. The summed E-state index contributed by atoms with van der Waals surface area (Å²) in [7, 11) is 0. The van der Waals surface area contributed by atoms with Crippen molar-refractivity contribution in [3.05, 3.63) is 12.4 Å². The summed E-state index contributed by atoms with van der Waals surface area (Å²) in [5, 5.41) is 3.18. The third-order valence-electron chi connectivity index (χ3n) is 2.45. The first kappa shape index (κ1) is 12.9. The van der Waals surface area contributed by atoms with Crippen LogP contribution in [0, 0.1) is 0 Å². The topological polar surface area (TPSA) is 50.3 Å². The van der Waals surface area contributed by atoms with Crippen molar-refractivity contribution in [2.75, 3.05) is 37.7 Å². The molecule has 1 aromatic rings. The number of anilines is 1. The van der Waals surface area contributed by atoms with Gasteiger partial charge in [0, 0.05) is 32.2 Å². The second kappa shape index (κ2) is 5.38. The van der Waals surface area contributed by atoms with E-state index in [-0.39, 0.29) is 5.88 Å². The Labute approximate surface area is 102 Å². The average molecular weight is 262 g/mol. The number of piperazine rings is 1. The van der Waals surface area contributed by atoms with E-state index in [9.17, 15) is 13.2 Å². The largest absolute Gasteiger partial charge is 0.468 e. The zero-order valence-electron chi connectivity index (χ0n) is 9.57. The van der Waals surface area contributed by atoms with Crippen molar-refractivity contribution < 1.29 is 17.9 Å². The molecule has 1 saturated heterocycles. The Balaban J connectivity index is 2.00. The molecule has 0 bridgehead atoms. The Hall–Kier alpha value is -1.57. The van der Waals surface area contributed by atoms with Crippen LogP contribution in [0.15, 0.2) is 12.4 Å². The first-order valence-corrected chi connectivity index (χ1v) is 5.52. The number of nitrogens with one attached hydrogen (secondary N) is 1. The van der Waals surface area contributed by atoms with Crippen LogP contribution < -0.4 is 15.0 Å². The first-order valence-electron chi connectivity index (χ1n) is 5.52. The summed E-state index contributed by atoms with van der Waals surface area (Å²) in [6.07, 6.45) is -3.15. The highest BCUT2D eigenvalue weighted by molar-refractivity contribution is 5.41. The maximum Gasteiger partial charge on any atom is 0.422 e. The Morgan fingerprint density at radius 3 is 2.67 bits per heavy atom. The molecule has 1 fully saturated rings. The number of hydrogen-bond acceptors (Lipinski definition) is 5. The summed E-state index contributed by atoms with van der Waals surface area (Å²) in [4.78, 5) is 9.67. The summed E-state index contributed by atoms with van der Waals surface area (Å²) >= 11 is 0. The van der Waals surface area contributed by atoms with Crippen molar-refractivity contribution in [3.8, 4) is 5.88 Å². The van der Waals surface area contributed by atoms with Crippen molar-refractivity contribution >= 4 is 5.82 Å². The first-order chi connectivity index (χ1) is 8.54. The van der Waals surface area contributed by atoms with Crippen LogP contribution in [0.5, 0.6) is 5.88 Å². The number of nitrogens with zero attached hydrogens (tertiary/aromatic N) is 3. The van der Waals surface area contributed by atoms with Crippen LogP contribution in [0.4, 0.5) is 19.0 Å². The van der Waals surface area contributed by atoms with E-state index >= 15 is 0 Å². The molecule has 0 aliphatic carbocycles. The van der Waals surface area contributed by atoms with E-state index in [0.29, 0.717) is 5.82 Å². The van der Waals surface area contributed by atoms with Gasteiger partial charge >= 0.3 is 6.18 Å². The summed E-state index contributed by atoms with van der Waals surface area (Å²) < 4.78 is 40.6. The lowest BCUT2D eigenvalue weighted by atomic mass is 10.3. The van der Waals surface area contributed by atoms with E-state index in [4.69, 9.17) is 0 Å². The van der Waals surface area contributed by atoms with Gasteiger partial charge in [-0.15, -0.1) is 0 Å². The van der Waals surface area contributed by atoms with Gasteiger partial charge in [-0.1, -0.05) is 0 Å². The number of ether oxygens (including phenoxy) is 1. The number of aromatic nitrogens is 2. The van der Waals surface area contributed by atoms with Crippen LogP contribution in [-0.2, 0) is 0 Å². The highest BCUT2D eigenvalue weighted by Gasteiger charge is 2.28. The molecule has 0 amide bonds. The van der Waals surface area contributed by atoms with E-state index in [1.807, 2.05) is 4.90 Å². The van der Waals surface area contributed by atoms with Crippen LogP contribution in [-0.4, -0.2) is 48.9 Å². The van der Waals surface area contributed by atoms with Crippen LogP contribution in [0.25, 0.3) is 0 Å². The molecule has 2 heterocycles. The minimum Gasteiger partial charge on any atom is -0.468 e. The zero-order valence-corrected chi connectivity index (χ0v) is 9.57. The number of hydrogen-bond donors (Lipinski definition) is 1. The Bertz CT molecular complexity index is 393. The molecule has 1 aromatic heterocycles. The summed E-state index contributed by atoms with van der Waals surface area (Å²) in [5.41, 5.74) is 0. The van der Waals surface area contributed by atoms with Gasteiger partial charge in [0.2, 0.25) is 5.88 Å². The third kappa shape index (κ3) is 3.73. The monoisotopic (exact) mass is 262 g/mol. The molecule has 0 spiro atoms. The van der Waals surface area contributed by atoms with E-state index < -0.39 is 12.8 Å². The van der Waals surface area contributed by atoms with Gasteiger partial charge in [-0.25, -0.2) is 9.97 Å².